The van der Waals surface area contributed by atoms with Crippen molar-refractivity contribution in [2.75, 3.05) is 6.54 Å². The van der Waals surface area contributed by atoms with Gasteiger partial charge in [-0.2, -0.15) is 0 Å². The molecule has 0 saturated heterocycles. The van der Waals surface area contributed by atoms with Crippen LogP contribution in [0.4, 0.5) is 0 Å². The van der Waals surface area contributed by atoms with Gasteiger partial charge < -0.3 is 15.1 Å². The zero-order valence-corrected chi connectivity index (χ0v) is 13.6. The Kier molecular flexibility index (Phi) is 4.59. The third-order valence-electron chi connectivity index (χ3n) is 3.38. The van der Waals surface area contributed by atoms with Crippen LogP contribution in [-0.4, -0.2) is 24.4 Å². The summed E-state index contributed by atoms with van der Waals surface area (Å²) in [4.78, 5) is 23.6. The number of halogens is 2. The van der Waals surface area contributed by atoms with Gasteiger partial charge in [0.2, 0.25) is 5.91 Å². The summed E-state index contributed by atoms with van der Waals surface area (Å²) in [5.41, 5.74) is 0.602. The maximum atomic E-state index is 12.0. The highest BCUT2D eigenvalue weighted by molar-refractivity contribution is 6.35. The molecule has 1 aromatic heterocycles. The quantitative estimate of drug-likeness (QED) is 0.867. The van der Waals surface area contributed by atoms with E-state index in [1.807, 2.05) is 0 Å². The molecule has 120 valence electrons. The molecule has 2 aromatic rings. The smallest absolute Gasteiger partial charge is 0.287 e. The molecule has 2 N–H and O–H groups in total. The lowest BCUT2D eigenvalue weighted by molar-refractivity contribution is -0.120. The number of hydrogen-bond donors (Lipinski definition) is 2. The van der Waals surface area contributed by atoms with Crippen molar-refractivity contribution in [2.24, 2.45) is 0 Å². The molecule has 0 spiro atoms. The van der Waals surface area contributed by atoms with E-state index in [0.29, 0.717) is 21.4 Å². The highest BCUT2D eigenvalue weighted by atomic mass is 35.5. The van der Waals surface area contributed by atoms with Gasteiger partial charge in [0.15, 0.2) is 5.76 Å². The second-order valence-corrected chi connectivity index (χ2v) is 6.16. The van der Waals surface area contributed by atoms with Crippen LogP contribution in [0.5, 0.6) is 0 Å². The molecule has 1 fully saturated rings. The van der Waals surface area contributed by atoms with Crippen molar-refractivity contribution in [3.63, 3.8) is 0 Å². The third kappa shape index (κ3) is 4.06. The van der Waals surface area contributed by atoms with Gasteiger partial charge in [-0.25, -0.2) is 0 Å². The van der Waals surface area contributed by atoms with Crippen LogP contribution in [0.25, 0.3) is 11.3 Å². The molecule has 2 amide bonds. The van der Waals surface area contributed by atoms with Crippen LogP contribution in [0.3, 0.4) is 0 Å². The lowest BCUT2D eigenvalue weighted by atomic mass is 10.2. The predicted octanol–water partition coefficient (Wildman–Crippen LogP) is 3.26. The molecule has 1 aromatic carbocycles. The molecule has 0 radical (unpaired) electrons. The maximum absolute atomic E-state index is 12.0. The number of carbonyl (C=O) groups is 2. The van der Waals surface area contributed by atoms with Gasteiger partial charge in [-0.05, 0) is 43.2 Å². The Morgan fingerprint density at radius 1 is 1.17 bits per heavy atom. The maximum Gasteiger partial charge on any atom is 0.287 e. The van der Waals surface area contributed by atoms with Crippen molar-refractivity contribution < 1.29 is 14.0 Å². The van der Waals surface area contributed by atoms with E-state index in [9.17, 15) is 9.59 Å². The minimum absolute atomic E-state index is 0.0801. The number of hydrogen-bond acceptors (Lipinski definition) is 3. The Balaban J connectivity index is 1.64. The number of rotatable bonds is 5. The van der Waals surface area contributed by atoms with E-state index in [4.69, 9.17) is 27.6 Å². The molecule has 0 atom stereocenters. The predicted molar refractivity (Wildman–Crippen MR) is 87.7 cm³/mol. The van der Waals surface area contributed by atoms with Crippen molar-refractivity contribution in [3.8, 4) is 11.3 Å². The molecular weight excluding hydrogens is 339 g/mol. The second-order valence-electron chi connectivity index (χ2n) is 5.31. The summed E-state index contributed by atoms with van der Waals surface area (Å²) < 4.78 is 5.51. The van der Waals surface area contributed by atoms with E-state index in [1.165, 1.54) is 6.07 Å². The van der Waals surface area contributed by atoms with Gasteiger partial charge in [0.25, 0.3) is 5.91 Å². The van der Waals surface area contributed by atoms with Crippen LogP contribution < -0.4 is 10.6 Å². The first kappa shape index (κ1) is 15.9. The van der Waals surface area contributed by atoms with Gasteiger partial charge in [-0.1, -0.05) is 23.2 Å². The third-order valence-corrected chi connectivity index (χ3v) is 3.94. The van der Waals surface area contributed by atoms with Crippen LogP contribution in [0, 0.1) is 0 Å². The number of amides is 2. The van der Waals surface area contributed by atoms with Crippen molar-refractivity contribution in [1.29, 1.82) is 0 Å². The van der Waals surface area contributed by atoms with Gasteiger partial charge in [0.1, 0.15) is 5.76 Å². The van der Waals surface area contributed by atoms with Crippen molar-refractivity contribution in [2.45, 2.75) is 18.9 Å². The van der Waals surface area contributed by atoms with Crippen molar-refractivity contribution in [3.05, 3.63) is 46.1 Å². The fourth-order valence-electron chi connectivity index (χ4n) is 2.05. The van der Waals surface area contributed by atoms with Gasteiger partial charge in [0, 0.05) is 16.6 Å². The Morgan fingerprint density at radius 2 is 1.96 bits per heavy atom. The largest absolute Gasteiger partial charge is 0.451 e. The molecule has 3 rings (SSSR count). The zero-order valence-electron chi connectivity index (χ0n) is 12.1. The molecule has 23 heavy (non-hydrogen) atoms. The first-order chi connectivity index (χ1) is 11.0. The van der Waals surface area contributed by atoms with E-state index in [2.05, 4.69) is 10.6 Å². The molecule has 0 bridgehead atoms. The summed E-state index contributed by atoms with van der Waals surface area (Å²) in [5.74, 6) is -0.119. The highest BCUT2D eigenvalue weighted by Gasteiger charge is 2.23. The van der Waals surface area contributed by atoms with E-state index in [-0.39, 0.29) is 24.3 Å². The number of furan rings is 1. The summed E-state index contributed by atoms with van der Waals surface area (Å²) in [6.45, 7) is -0.0801. The van der Waals surface area contributed by atoms with E-state index >= 15 is 0 Å². The van der Waals surface area contributed by atoms with Gasteiger partial charge in [-0.3, -0.25) is 9.59 Å². The Hall–Kier alpha value is -1.98. The van der Waals surface area contributed by atoms with Crippen LogP contribution in [0.15, 0.2) is 34.7 Å². The van der Waals surface area contributed by atoms with Crippen LogP contribution in [0.2, 0.25) is 10.0 Å². The molecule has 0 aliphatic heterocycles. The second kappa shape index (κ2) is 6.64. The summed E-state index contributed by atoms with van der Waals surface area (Å²) in [7, 11) is 0. The van der Waals surface area contributed by atoms with Crippen LogP contribution in [-0.2, 0) is 4.79 Å². The summed E-state index contributed by atoms with van der Waals surface area (Å²) in [6.07, 6.45) is 2.00. The van der Waals surface area contributed by atoms with Crippen LogP contribution in [0.1, 0.15) is 23.4 Å². The first-order valence-corrected chi connectivity index (χ1v) is 7.91. The van der Waals surface area contributed by atoms with Gasteiger partial charge in [0.05, 0.1) is 11.6 Å². The Labute approximate surface area is 142 Å². The molecule has 0 unspecified atom stereocenters. The Morgan fingerprint density at radius 3 is 2.70 bits per heavy atom. The standard InChI is InChI=1S/C16H14Cl2N2O3/c17-9-1-4-12(18)11(7-9)13-5-6-14(23-13)16(22)19-8-15(21)20-10-2-3-10/h1,4-7,10H,2-3,8H2,(H,19,22)(H,20,21). The number of nitrogens with one attached hydrogen (secondary N) is 2. The lowest BCUT2D eigenvalue weighted by Gasteiger charge is -2.04. The molecule has 5 nitrogen and oxygen atoms in total. The average Bonchev–Trinajstić information content (AvgIpc) is 3.19. The van der Waals surface area contributed by atoms with Crippen molar-refractivity contribution >= 4 is 35.0 Å². The molecular formula is C16H14Cl2N2O3. The van der Waals surface area contributed by atoms with E-state index < -0.39 is 5.91 Å². The Bertz CT molecular complexity index is 754. The number of benzene rings is 1. The fourth-order valence-corrected chi connectivity index (χ4v) is 2.43. The topological polar surface area (TPSA) is 71.3 Å². The molecule has 7 heteroatoms. The molecule has 1 heterocycles. The fraction of sp³-hybridized carbons (Fsp3) is 0.250. The zero-order chi connectivity index (χ0) is 16.4. The van der Waals surface area contributed by atoms with Crippen LogP contribution >= 0.6 is 23.2 Å². The van der Waals surface area contributed by atoms with E-state index in [1.54, 1.807) is 24.3 Å². The average molecular weight is 353 g/mol. The normalized spacial score (nSPS) is 13.7. The number of carbonyl (C=O) groups excluding carboxylic acids is 2. The molecule has 1 saturated carbocycles. The SMILES string of the molecule is O=C(CNC(=O)c1ccc(-c2cc(Cl)ccc2Cl)o1)NC1CC1. The molecule has 1 aliphatic carbocycles. The minimum atomic E-state index is -0.458. The lowest BCUT2D eigenvalue weighted by Crippen LogP contribution is -2.37. The summed E-state index contributed by atoms with van der Waals surface area (Å²) in [5, 5.41) is 6.30. The van der Waals surface area contributed by atoms with Gasteiger partial charge in [-0.15, -0.1) is 0 Å². The first-order valence-electron chi connectivity index (χ1n) is 7.16. The summed E-state index contributed by atoms with van der Waals surface area (Å²) >= 11 is 12.0. The van der Waals surface area contributed by atoms with E-state index in [0.717, 1.165) is 12.8 Å². The minimum Gasteiger partial charge on any atom is -0.451 e. The highest BCUT2D eigenvalue weighted by Crippen LogP contribution is 2.31. The molecule has 1 aliphatic rings. The monoisotopic (exact) mass is 352 g/mol. The van der Waals surface area contributed by atoms with Crippen molar-refractivity contribution in [1.82, 2.24) is 10.6 Å². The van der Waals surface area contributed by atoms with Gasteiger partial charge >= 0.3 is 0 Å². The summed E-state index contributed by atoms with van der Waals surface area (Å²) in [6, 6.07) is 8.41.